The molecule has 1 saturated heterocycles. The zero-order valence-electron chi connectivity index (χ0n) is 17.9. The monoisotopic (exact) mass is 493 g/mol. The fraction of sp³-hybridized carbons (Fsp3) is 0.160. The number of amides is 1. The lowest BCUT2D eigenvalue weighted by Gasteiger charge is -2.46. The Balaban J connectivity index is 1.30. The lowest BCUT2D eigenvalue weighted by atomic mass is 9.89. The highest BCUT2D eigenvalue weighted by Gasteiger charge is 2.47. The quantitative estimate of drug-likeness (QED) is 0.456. The predicted octanol–water partition coefficient (Wildman–Crippen LogP) is 3.60. The highest BCUT2D eigenvalue weighted by Crippen LogP contribution is 2.35. The van der Waals surface area contributed by atoms with Crippen LogP contribution in [-0.2, 0) is 21.2 Å². The van der Waals surface area contributed by atoms with Crippen molar-refractivity contribution in [3.63, 3.8) is 0 Å². The van der Waals surface area contributed by atoms with E-state index >= 15 is 0 Å². The standard InChI is InChI=1S/C25H20ClN3O4S/c26-20-6-3-13-28-23(20)25(31)15-29(16-25)24(30)19-10-8-17(9-11-19)14-34(32,33)21-7-1-4-18-5-2-12-27-22(18)21/h1-13,31H,14-16H2. The van der Waals surface area contributed by atoms with Crippen molar-refractivity contribution < 1.29 is 18.3 Å². The number of hydrogen-bond donors (Lipinski definition) is 1. The molecule has 2 aromatic heterocycles. The highest BCUT2D eigenvalue weighted by atomic mass is 35.5. The maximum atomic E-state index is 13.1. The van der Waals surface area contributed by atoms with Crippen molar-refractivity contribution in [3.05, 3.63) is 101 Å². The largest absolute Gasteiger partial charge is 0.380 e. The summed E-state index contributed by atoms with van der Waals surface area (Å²) in [6.45, 7) is 0.152. The first-order valence-corrected chi connectivity index (χ1v) is 12.6. The van der Waals surface area contributed by atoms with Crippen molar-refractivity contribution in [2.45, 2.75) is 16.2 Å². The molecule has 2 aromatic carbocycles. The number of hydrogen-bond acceptors (Lipinski definition) is 6. The lowest BCUT2D eigenvalue weighted by molar-refractivity contribution is -0.0891. The number of β-amino-alcohol motifs (C(OH)–C–C–N with tert-alkyl or cyclic N) is 1. The summed E-state index contributed by atoms with van der Waals surface area (Å²) < 4.78 is 26.1. The number of halogens is 1. The van der Waals surface area contributed by atoms with Crippen LogP contribution in [0.5, 0.6) is 0 Å². The molecule has 4 aromatic rings. The smallest absolute Gasteiger partial charge is 0.254 e. The minimum atomic E-state index is -3.64. The summed E-state index contributed by atoms with van der Waals surface area (Å²) in [5, 5.41) is 11.9. The van der Waals surface area contributed by atoms with Gasteiger partial charge >= 0.3 is 0 Å². The topological polar surface area (TPSA) is 100 Å². The van der Waals surface area contributed by atoms with E-state index in [0.717, 1.165) is 5.39 Å². The second-order valence-corrected chi connectivity index (χ2v) is 10.7. The number of aliphatic hydroxyl groups is 1. The molecule has 1 fully saturated rings. The average molecular weight is 494 g/mol. The Morgan fingerprint density at radius 3 is 2.38 bits per heavy atom. The molecule has 9 heteroatoms. The molecule has 1 aliphatic rings. The van der Waals surface area contributed by atoms with E-state index in [2.05, 4.69) is 9.97 Å². The molecule has 1 N–H and O–H groups in total. The van der Waals surface area contributed by atoms with E-state index in [1.165, 1.54) is 4.90 Å². The van der Waals surface area contributed by atoms with Crippen LogP contribution < -0.4 is 0 Å². The van der Waals surface area contributed by atoms with E-state index in [-0.39, 0.29) is 29.6 Å². The number of aromatic nitrogens is 2. The summed E-state index contributed by atoms with van der Waals surface area (Å²) in [6, 6.07) is 18.4. The summed E-state index contributed by atoms with van der Waals surface area (Å²) in [7, 11) is -3.64. The second kappa shape index (κ2) is 8.47. The van der Waals surface area contributed by atoms with E-state index in [4.69, 9.17) is 11.6 Å². The number of carbonyl (C=O) groups excluding carboxylic acids is 1. The number of para-hydroxylation sites is 1. The summed E-state index contributed by atoms with van der Waals surface area (Å²) in [6.07, 6.45) is 3.12. The molecular formula is C25H20ClN3O4S. The van der Waals surface area contributed by atoms with Gasteiger partial charge in [0.1, 0.15) is 5.60 Å². The van der Waals surface area contributed by atoms with Gasteiger partial charge in [0, 0.05) is 23.3 Å². The van der Waals surface area contributed by atoms with Gasteiger partial charge in [-0.1, -0.05) is 41.9 Å². The average Bonchev–Trinajstić information content (AvgIpc) is 2.82. The van der Waals surface area contributed by atoms with Gasteiger partial charge in [0.15, 0.2) is 9.84 Å². The molecule has 34 heavy (non-hydrogen) atoms. The van der Waals surface area contributed by atoms with Crippen LogP contribution in [0.4, 0.5) is 0 Å². The minimum absolute atomic E-state index is 0.0762. The van der Waals surface area contributed by atoms with Crippen molar-refractivity contribution in [2.75, 3.05) is 13.1 Å². The second-order valence-electron chi connectivity index (χ2n) is 8.31. The zero-order chi connectivity index (χ0) is 23.9. The molecule has 3 heterocycles. The molecule has 0 bridgehead atoms. The van der Waals surface area contributed by atoms with Gasteiger partial charge < -0.3 is 10.0 Å². The van der Waals surface area contributed by atoms with Gasteiger partial charge in [-0.2, -0.15) is 0 Å². The maximum absolute atomic E-state index is 13.1. The fourth-order valence-corrected chi connectivity index (χ4v) is 5.99. The van der Waals surface area contributed by atoms with Crippen molar-refractivity contribution in [2.24, 2.45) is 0 Å². The number of sulfone groups is 1. The van der Waals surface area contributed by atoms with Crippen LogP contribution in [0.1, 0.15) is 21.6 Å². The number of fused-ring (bicyclic) bond motifs is 1. The Labute approximate surface area is 201 Å². The van der Waals surface area contributed by atoms with E-state index in [0.29, 0.717) is 27.4 Å². The Bertz CT molecular complexity index is 1500. The number of carbonyl (C=O) groups is 1. The van der Waals surface area contributed by atoms with Crippen molar-refractivity contribution >= 4 is 38.2 Å². The van der Waals surface area contributed by atoms with E-state index < -0.39 is 15.4 Å². The first-order chi connectivity index (χ1) is 16.3. The van der Waals surface area contributed by atoms with E-state index in [9.17, 15) is 18.3 Å². The molecule has 0 saturated carbocycles. The van der Waals surface area contributed by atoms with Crippen LogP contribution in [-0.4, -0.2) is 47.4 Å². The predicted molar refractivity (Wildman–Crippen MR) is 128 cm³/mol. The van der Waals surface area contributed by atoms with Crippen LogP contribution in [0.2, 0.25) is 5.02 Å². The van der Waals surface area contributed by atoms with Crippen LogP contribution in [0, 0.1) is 0 Å². The molecule has 0 spiro atoms. The van der Waals surface area contributed by atoms with Crippen molar-refractivity contribution in [3.8, 4) is 0 Å². The Hall–Kier alpha value is -3.33. The third-order valence-corrected chi connectivity index (χ3v) is 7.90. The minimum Gasteiger partial charge on any atom is -0.380 e. The number of rotatable bonds is 5. The van der Waals surface area contributed by atoms with Gasteiger partial charge in [-0.3, -0.25) is 14.8 Å². The lowest BCUT2D eigenvalue weighted by Crippen LogP contribution is -2.61. The molecule has 0 unspecified atom stereocenters. The number of benzene rings is 2. The molecule has 1 aliphatic heterocycles. The third-order valence-electron chi connectivity index (χ3n) is 5.88. The maximum Gasteiger partial charge on any atom is 0.254 e. The Morgan fingerprint density at radius 2 is 1.65 bits per heavy atom. The highest BCUT2D eigenvalue weighted by molar-refractivity contribution is 7.90. The Morgan fingerprint density at radius 1 is 0.971 bits per heavy atom. The van der Waals surface area contributed by atoms with Crippen LogP contribution in [0.25, 0.3) is 10.9 Å². The van der Waals surface area contributed by atoms with Crippen LogP contribution >= 0.6 is 11.6 Å². The summed E-state index contributed by atoms with van der Waals surface area (Å²) in [5.41, 5.74) is 0.473. The SMILES string of the molecule is O=C(c1ccc(CS(=O)(=O)c2cccc3cccnc23)cc1)N1CC(O)(c2ncccc2Cl)C1. The van der Waals surface area contributed by atoms with Gasteiger partial charge in [0.25, 0.3) is 5.91 Å². The van der Waals surface area contributed by atoms with Crippen LogP contribution in [0.3, 0.4) is 0 Å². The first kappa shape index (κ1) is 22.5. The van der Waals surface area contributed by atoms with Crippen LogP contribution in [0.15, 0.2) is 84.0 Å². The molecular weight excluding hydrogens is 474 g/mol. The van der Waals surface area contributed by atoms with Gasteiger partial charge in [-0.25, -0.2) is 8.42 Å². The van der Waals surface area contributed by atoms with Crippen molar-refractivity contribution in [1.82, 2.24) is 14.9 Å². The molecule has 0 atom stereocenters. The normalized spacial score (nSPS) is 15.2. The molecule has 7 nitrogen and oxygen atoms in total. The molecule has 0 aliphatic carbocycles. The first-order valence-electron chi connectivity index (χ1n) is 10.5. The molecule has 5 rings (SSSR count). The van der Waals surface area contributed by atoms with Gasteiger partial charge in [0.2, 0.25) is 0 Å². The van der Waals surface area contributed by atoms with Gasteiger partial charge in [0.05, 0.1) is 40.0 Å². The Kier molecular flexibility index (Phi) is 5.59. The molecule has 1 amide bonds. The number of nitrogens with zero attached hydrogens (tertiary/aromatic N) is 3. The summed E-state index contributed by atoms with van der Waals surface area (Å²) in [4.78, 5) is 22.9. The number of pyridine rings is 2. The molecule has 172 valence electrons. The van der Waals surface area contributed by atoms with E-state index in [1.54, 1.807) is 67.0 Å². The fourth-order valence-electron chi connectivity index (χ4n) is 4.16. The van der Waals surface area contributed by atoms with Gasteiger partial charge in [-0.15, -0.1) is 0 Å². The van der Waals surface area contributed by atoms with Crippen molar-refractivity contribution in [1.29, 1.82) is 0 Å². The summed E-state index contributed by atoms with van der Waals surface area (Å²) >= 11 is 6.13. The summed E-state index contributed by atoms with van der Waals surface area (Å²) in [5.74, 6) is -0.469. The van der Waals surface area contributed by atoms with Gasteiger partial charge in [-0.05, 0) is 42.0 Å². The zero-order valence-corrected chi connectivity index (χ0v) is 19.5. The van der Waals surface area contributed by atoms with E-state index in [1.807, 2.05) is 12.1 Å². The molecule has 0 radical (unpaired) electrons. The number of likely N-dealkylation sites (tertiary alicyclic amines) is 1. The third kappa shape index (κ3) is 4.04.